The van der Waals surface area contributed by atoms with Gasteiger partial charge in [-0.05, 0) is 78.8 Å². The van der Waals surface area contributed by atoms with Crippen LogP contribution in [0.3, 0.4) is 0 Å². The van der Waals surface area contributed by atoms with E-state index in [1.165, 1.54) is 17.7 Å². The third-order valence-electron chi connectivity index (χ3n) is 6.69. The number of hydrogen-bond donors (Lipinski definition) is 3. The van der Waals surface area contributed by atoms with Gasteiger partial charge < -0.3 is 16.2 Å². The molecule has 0 fully saturated rings. The lowest BCUT2D eigenvalue weighted by atomic mass is 10.0. The number of carbonyl (C=O) groups is 2. The van der Waals surface area contributed by atoms with E-state index in [0.717, 1.165) is 41.0 Å². The Hall–Kier alpha value is -4.46. The zero-order chi connectivity index (χ0) is 27.8. The molecule has 4 rings (SSSR count). The molecule has 0 radical (unpaired) electrons. The Kier molecular flexibility index (Phi) is 9.10. The van der Waals surface area contributed by atoms with Gasteiger partial charge in [0.15, 0.2) is 0 Å². The minimum atomic E-state index is -0.806. The van der Waals surface area contributed by atoms with Crippen molar-refractivity contribution >= 4 is 11.8 Å². The number of primary amides is 1. The van der Waals surface area contributed by atoms with Gasteiger partial charge in [0.25, 0.3) is 0 Å². The van der Waals surface area contributed by atoms with Crippen molar-refractivity contribution in [3.63, 3.8) is 0 Å². The molecule has 0 saturated carbocycles. The summed E-state index contributed by atoms with van der Waals surface area (Å²) >= 11 is 0. The average molecular weight is 526 g/mol. The van der Waals surface area contributed by atoms with Crippen LogP contribution in [0.5, 0.6) is 5.75 Å². The molecule has 2 heterocycles. The van der Waals surface area contributed by atoms with Crippen LogP contribution in [-0.4, -0.2) is 37.7 Å². The van der Waals surface area contributed by atoms with Crippen LogP contribution >= 0.6 is 0 Å². The largest absolute Gasteiger partial charge is 0.508 e. The van der Waals surface area contributed by atoms with Gasteiger partial charge in [0.05, 0.1) is 11.4 Å². The summed E-state index contributed by atoms with van der Waals surface area (Å²) in [6.45, 7) is 4.34. The molecule has 0 aliphatic carbocycles. The summed E-state index contributed by atoms with van der Waals surface area (Å²) in [5.41, 5.74) is 11.4. The number of benzene rings is 2. The van der Waals surface area contributed by atoms with Crippen molar-refractivity contribution in [3.05, 3.63) is 95.9 Å². The van der Waals surface area contributed by atoms with E-state index < -0.39 is 11.9 Å². The standard InChI is InChI=1S/C31H35N5O3/c1-21(2)23-11-13-25(14-12-23)36-26(19-28(35-36)24-6-5-17-33-20-24)7-3-4-8-30(38)34-29(31(32)39)18-22-9-15-27(37)16-10-22/h5-6,9-17,19-21,29,37H,3-4,7-8,18H2,1-2H3,(H2,32,39)(H,34,38). The smallest absolute Gasteiger partial charge is 0.240 e. The highest BCUT2D eigenvalue weighted by Gasteiger charge is 2.19. The Morgan fingerprint density at radius 1 is 1.03 bits per heavy atom. The highest BCUT2D eigenvalue weighted by Crippen LogP contribution is 2.24. The quantitative estimate of drug-likeness (QED) is 0.232. The summed E-state index contributed by atoms with van der Waals surface area (Å²) in [6.07, 6.45) is 6.25. The number of carbonyl (C=O) groups excluding carboxylic acids is 2. The molecule has 202 valence electrons. The Labute approximate surface area is 228 Å². The predicted octanol–water partition coefficient (Wildman–Crippen LogP) is 4.69. The van der Waals surface area contributed by atoms with E-state index >= 15 is 0 Å². The van der Waals surface area contributed by atoms with Gasteiger partial charge in [-0.15, -0.1) is 0 Å². The minimum absolute atomic E-state index is 0.139. The molecule has 0 bridgehead atoms. The number of rotatable bonds is 12. The zero-order valence-corrected chi connectivity index (χ0v) is 22.4. The number of aromatic hydroxyl groups is 1. The van der Waals surface area contributed by atoms with Crippen LogP contribution in [0, 0.1) is 0 Å². The Morgan fingerprint density at radius 2 is 1.77 bits per heavy atom. The summed E-state index contributed by atoms with van der Waals surface area (Å²) in [5.74, 6) is -0.221. The highest BCUT2D eigenvalue weighted by atomic mass is 16.3. The Balaban J connectivity index is 1.39. The molecule has 0 saturated heterocycles. The van der Waals surface area contributed by atoms with Crippen LogP contribution in [-0.2, 0) is 22.4 Å². The van der Waals surface area contributed by atoms with E-state index in [1.54, 1.807) is 24.5 Å². The number of pyridine rings is 1. The van der Waals surface area contributed by atoms with Gasteiger partial charge in [-0.2, -0.15) is 5.10 Å². The number of hydrogen-bond acceptors (Lipinski definition) is 5. The highest BCUT2D eigenvalue weighted by molar-refractivity contribution is 5.86. The molecule has 8 heteroatoms. The third kappa shape index (κ3) is 7.54. The van der Waals surface area contributed by atoms with Crippen molar-refractivity contribution < 1.29 is 14.7 Å². The van der Waals surface area contributed by atoms with E-state index in [9.17, 15) is 14.7 Å². The monoisotopic (exact) mass is 525 g/mol. The number of nitrogens with one attached hydrogen (secondary N) is 1. The van der Waals surface area contributed by atoms with Gasteiger partial charge in [0.2, 0.25) is 11.8 Å². The first-order valence-corrected chi connectivity index (χ1v) is 13.3. The number of aromatic nitrogens is 3. The lowest BCUT2D eigenvalue weighted by Gasteiger charge is -2.16. The number of unbranched alkanes of at least 4 members (excludes halogenated alkanes) is 1. The second kappa shape index (κ2) is 12.9. The second-order valence-corrected chi connectivity index (χ2v) is 10.0. The number of phenolic OH excluding ortho intramolecular Hbond substituents is 1. The number of phenols is 1. The average Bonchev–Trinajstić information content (AvgIpc) is 3.36. The normalized spacial score (nSPS) is 11.9. The summed E-state index contributed by atoms with van der Waals surface area (Å²) in [4.78, 5) is 28.7. The zero-order valence-electron chi connectivity index (χ0n) is 22.4. The molecule has 0 spiro atoms. The van der Waals surface area contributed by atoms with Crippen LogP contribution in [0.25, 0.3) is 16.9 Å². The lowest BCUT2D eigenvalue weighted by molar-refractivity contribution is -0.127. The first-order valence-electron chi connectivity index (χ1n) is 13.3. The summed E-state index contributed by atoms with van der Waals surface area (Å²) < 4.78 is 1.97. The Bertz CT molecular complexity index is 1380. The van der Waals surface area contributed by atoms with E-state index in [2.05, 4.69) is 54.5 Å². The summed E-state index contributed by atoms with van der Waals surface area (Å²) in [5, 5.41) is 17.1. The van der Waals surface area contributed by atoms with Crippen molar-refractivity contribution in [1.82, 2.24) is 20.1 Å². The SMILES string of the molecule is CC(C)c1ccc(-n2nc(-c3cccnc3)cc2CCCCC(=O)NC(Cc2ccc(O)cc2)C(N)=O)cc1. The molecule has 1 atom stereocenters. The van der Waals surface area contributed by atoms with E-state index in [0.29, 0.717) is 12.3 Å². The summed E-state index contributed by atoms with van der Waals surface area (Å²) in [7, 11) is 0. The van der Waals surface area contributed by atoms with Crippen LogP contribution in [0.1, 0.15) is 55.8 Å². The van der Waals surface area contributed by atoms with E-state index in [-0.39, 0.29) is 24.5 Å². The van der Waals surface area contributed by atoms with Gasteiger partial charge in [-0.25, -0.2) is 4.68 Å². The third-order valence-corrected chi connectivity index (χ3v) is 6.69. The molecule has 2 aromatic carbocycles. The maximum atomic E-state index is 12.6. The number of nitrogens with zero attached hydrogens (tertiary/aromatic N) is 3. The number of aryl methyl sites for hydroxylation is 1. The van der Waals surface area contributed by atoms with Crippen molar-refractivity contribution in [1.29, 1.82) is 0 Å². The van der Waals surface area contributed by atoms with Crippen molar-refractivity contribution in [3.8, 4) is 22.7 Å². The topological polar surface area (TPSA) is 123 Å². The van der Waals surface area contributed by atoms with Crippen LogP contribution in [0.15, 0.2) is 79.1 Å². The molecule has 39 heavy (non-hydrogen) atoms. The van der Waals surface area contributed by atoms with Gasteiger partial charge in [0, 0.05) is 36.5 Å². The second-order valence-electron chi connectivity index (χ2n) is 10.0. The lowest BCUT2D eigenvalue weighted by Crippen LogP contribution is -2.45. The van der Waals surface area contributed by atoms with Crippen molar-refractivity contribution in [2.45, 2.75) is 57.9 Å². The van der Waals surface area contributed by atoms with Gasteiger partial charge in [-0.1, -0.05) is 38.1 Å². The van der Waals surface area contributed by atoms with Crippen molar-refractivity contribution in [2.24, 2.45) is 5.73 Å². The van der Waals surface area contributed by atoms with Gasteiger partial charge >= 0.3 is 0 Å². The van der Waals surface area contributed by atoms with Crippen LogP contribution in [0.4, 0.5) is 0 Å². The molecular formula is C31H35N5O3. The predicted molar refractivity (Wildman–Crippen MR) is 151 cm³/mol. The molecule has 2 amide bonds. The van der Waals surface area contributed by atoms with Crippen LogP contribution < -0.4 is 11.1 Å². The first-order chi connectivity index (χ1) is 18.8. The maximum Gasteiger partial charge on any atom is 0.240 e. The molecule has 0 aliphatic rings. The molecule has 4 aromatic rings. The fourth-order valence-electron chi connectivity index (χ4n) is 4.43. The van der Waals surface area contributed by atoms with E-state index in [1.807, 2.05) is 16.8 Å². The molecule has 0 aliphatic heterocycles. The number of nitrogens with two attached hydrogens (primary N) is 1. The van der Waals surface area contributed by atoms with Gasteiger partial charge in [0.1, 0.15) is 11.8 Å². The number of amides is 2. The first kappa shape index (κ1) is 27.6. The van der Waals surface area contributed by atoms with E-state index in [4.69, 9.17) is 10.8 Å². The summed E-state index contributed by atoms with van der Waals surface area (Å²) in [6, 6.07) is 20.1. The fourth-order valence-corrected chi connectivity index (χ4v) is 4.43. The van der Waals surface area contributed by atoms with Gasteiger partial charge in [-0.3, -0.25) is 14.6 Å². The van der Waals surface area contributed by atoms with Crippen molar-refractivity contribution in [2.75, 3.05) is 0 Å². The fraction of sp³-hybridized carbons (Fsp3) is 0.290. The minimum Gasteiger partial charge on any atom is -0.508 e. The maximum absolute atomic E-state index is 12.6. The molecule has 4 N–H and O–H groups in total. The molecule has 1 unspecified atom stereocenters. The van der Waals surface area contributed by atoms with Crippen LogP contribution in [0.2, 0.25) is 0 Å². The Morgan fingerprint density at radius 3 is 2.41 bits per heavy atom. The molecule has 2 aromatic heterocycles. The molecular weight excluding hydrogens is 490 g/mol. The molecule has 8 nitrogen and oxygen atoms in total.